The van der Waals surface area contributed by atoms with Gasteiger partial charge in [-0.2, -0.15) is 0 Å². The van der Waals surface area contributed by atoms with Gasteiger partial charge < -0.3 is 10.1 Å². The summed E-state index contributed by atoms with van der Waals surface area (Å²) in [6, 6.07) is 0.404. The molecule has 4 heteroatoms. The molecule has 0 aromatic rings. The fourth-order valence-corrected chi connectivity index (χ4v) is 4.53. The van der Waals surface area contributed by atoms with Crippen molar-refractivity contribution >= 4 is 16.9 Å². The molecule has 96 valence electrons. The van der Waals surface area contributed by atoms with E-state index in [2.05, 4.69) is 12.2 Å². The van der Waals surface area contributed by atoms with Crippen molar-refractivity contribution in [2.24, 2.45) is 10.9 Å². The van der Waals surface area contributed by atoms with E-state index >= 15 is 0 Å². The second kappa shape index (κ2) is 4.81. The molecule has 1 saturated carbocycles. The Morgan fingerprint density at radius 3 is 3.18 bits per heavy atom. The molecule has 2 saturated heterocycles. The Morgan fingerprint density at radius 2 is 2.41 bits per heavy atom. The van der Waals surface area contributed by atoms with Crippen LogP contribution < -0.4 is 5.32 Å². The fraction of sp³-hybridized carbons (Fsp3) is 0.923. The zero-order chi connectivity index (χ0) is 11.7. The predicted octanol–water partition coefficient (Wildman–Crippen LogP) is 2.42. The number of rotatable bonds is 1. The van der Waals surface area contributed by atoms with Crippen molar-refractivity contribution in [2.45, 2.75) is 50.6 Å². The largest absolute Gasteiger partial charge is 0.379 e. The fourth-order valence-electron chi connectivity index (χ4n) is 3.27. The summed E-state index contributed by atoms with van der Waals surface area (Å²) in [4.78, 5) is 4.79. The van der Waals surface area contributed by atoms with Crippen LogP contribution in [0.4, 0.5) is 0 Å². The molecule has 1 aliphatic carbocycles. The van der Waals surface area contributed by atoms with Gasteiger partial charge in [-0.1, -0.05) is 31.5 Å². The quantitative estimate of drug-likeness (QED) is 0.780. The van der Waals surface area contributed by atoms with Crippen LogP contribution in [-0.2, 0) is 4.74 Å². The summed E-state index contributed by atoms with van der Waals surface area (Å²) in [5, 5.41) is 4.90. The van der Waals surface area contributed by atoms with Crippen molar-refractivity contribution < 1.29 is 4.74 Å². The lowest BCUT2D eigenvalue weighted by Crippen LogP contribution is -2.47. The van der Waals surface area contributed by atoms with Crippen molar-refractivity contribution in [1.29, 1.82) is 0 Å². The lowest BCUT2D eigenvalue weighted by molar-refractivity contribution is 0.194. The maximum atomic E-state index is 5.38. The molecule has 2 aliphatic heterocycles. The summed E-state index contributed by atoms with van der Waals surface area (Å²) in [6.45, 7) is 4.08. The molecule has 3 fully saturated rings. The summed E-state index contributed by atoms with van der Waals surface area (Å²) in [5.74, 6) is 2.08. The highest BCUT2D eigenvalue weighted by Crippen LogP contribution is 2.38. The lowest BCUT2D eigenvalue weighted by atomic mass is 9.78. The van der Waals surface area contributed by atoms with Gasteiger partial charge >= 0.3 is 0 Å². The minimum Gasteiger partial charge on any atom is -0.379 e. The van der Waals surface area contributed by atoms with Crippen LogP contribution in [-0.4, -0.2) is 35.7 Å². The van der Waals surface area contributed by atoms with E-state index in [-0.39, 0.29) is 0 Å². The molecule has 3 atom stereocenters. The third kappa shape index (κ3) is 2.63. The van der Waals surface area contributed by atoms with Crippen molar-refractivity contribution in [2.75, 3.05) is 19.0 Å². The van der Waals surface area contributed by atoms with Gasteiger partial charge in [0.1, 0.15) is 0 Å². The third-order valence-electron chi connectivity index (χ3n) is 4.15. The number of nitrogens with one attached hydrogen (secondary N) is 1. The lowest BCUT2D eigenvalue weighted by Gasteiger charge is -2.36. The van der Waals surface area contributed by atoms with Crippen molar-refractivity contribution in [1.82, 2.24) is 5.32 Å². The minimum absolute atomic E-state index is 0.362. The van der Waals surface area contributed by atoms with Gasteiger partial charge in [0, 0.05) is 17.9 Å². The first-order chi connectivity index (χ1) is 8.26. The number of thioether (sulfide) groups is 1. The normalized spacial score (nSPS) is 44.4. The van der Waals surface area contributed by atoms with Gasteiger partial charge in [0.15, 0.2) is 5.17 Å². The van der Waals surface area contributed by atoms with E-state index < -0.39 is 0 Å². The smallest absolute Gasteiger partial charge is 0.157 e. The monoisotopic (exact) mass is 254 g/mol. The van der Waals surface area contributed by atoms with E-state index in [1.807, 2.05) is 11.8 Å². The van der Waals surface area contributed by atoms with E-state index in [1.165, 1.54) is 36.6 Å². The van der Waals surface area contributed by atoms with Crippen LogP contribution in [0, 0.1) is 5.92 Å². The summed E-state index contributed by atoms with van der Waals surface area (Å²) in [5.41, 5.74) is 0.362. The molecule has 3 rings (SSSR count). The zero-order valence-corrected chi connectivity index (χ0v) is 11.4. The molecular weight excluding hydrogens is 232 g/mol. The topological polar surface area (TPSA) is 33.6 Å². The first kappa shape index (κ1) is 11.8. The molecule has 1 N–H and O–H groups in total. The van der Waals surface area contributed by atoms with Crippen LogP contribution >= 0.6 is 11.8 Å². The van der Waals surface area contributed by atoms with Crippen molar-refractivity contribution in [3.63, 3.8) is 0 Å². The number of nitrogens with zero attached hydrogens (tertiary/aromatic N) is 1. The van der Waals surface area contributed by atoms with Crippen LogP contribution in [0.5, 0.6) is 0 Å². The standard InChI is InChI=1S/C13H22N2OS/c1-10-3-2-5-13(7-10)9-17-12(15-13)14-11-4-6-16-8-11/h10-11H,2-9H2,1H3,(H,14,15). The first-order valence-corrected chi connectivity index (χ1v) is 7.81. The van der Waals surface area contributed by atoms with E-state index in [0.29, 0.717) is 11.6 Å². The molecule has 0 radical (unpaired) electrons. The van der Waals surface area contributed by atoms with Crippen molar-refractivity contribution in [3.8, 4) is 0 Å². The van der Waals surface area contributed by atoms with E-state index in [4.69, 9.17) is 9.73 Å². The number of ether oxygens (including phenoxy) is 1. The van der Waals surface area contributed by atoms with Gasteiger partial charge in [-0.05, 0) is 25.2 Å². The second-order valence-corrected chi connectivity index (χ2v) is 6.81. The molecule has 1 spiro atoms. The zero-order valence-electron chi connectivity index (χ0n) is 10.6. The summed E-state index contributed by atoms with van der Waals surface area (Å²) >= 11 is 1.92. The van der Waals surface area contributed by atoms with Crippen LogP contribution in [0.15, 0.2) is 4.99 Å². The van der Waals surface area contributed by atoms with Gasteiger partial charge in [-0.25, -0.2) is 0 Å². The van der Waals surface area contributed by atoms with E-state index in [1.54, 1.807) is 0 Å². The molecular formula is C13H22N2OS. The van der Waals surface area contributed by atoms with Crippen molar-refractivity contribution in [3.05, 3.63) is 0 Å². The molecule has 2 heterocycles. The Bertz CT molecular complexity index is 315. The second-order valence-electron chi connectivity index (χ2n) is 5.85. The van der Waals surface area contributed by atoms with Gasteiger partial charge in [0.05, 0.1) is 12.6 Å². The number of aliphatic imine (C=N–C) groups is 1. The summed E-state index contributed by atoms with van der Waals surface area (Å²) < 4.78 is 5.38. The number of hydrogen-bond acceptors (Lipinski definition) is 3. The van der Waals surface area contributed by atoms with Crippen LogP contribution in [0.1, 0.15) is 39.0 Å². The number of amidine groups is 1. The van der Waals surface area contributed by atoms with Gasteiger partial charge in [-0.3, -0.25) is 4.99 Å². The summed E-state index contributed by atoms with van der Waals surface area (Å²) in [6.07, 6.45) is 6.51. The first-order valence-electron chi connectivity index (χ1n) is 6.82. The maximum absolute atomic E-state index is 5.38. The molecule has 3 unspecified atom stereocenters. The average Bonchev–Trinajstić information content (AvgIpc) is 2.90. The van der Waals surface area contributed by atoms with Gasteiger partial charge in [-0.15, -0.1) is 0 Å². The van der Waals surface area contributed by atoms with E-state index in [9.17, 15) is 0 Å². The van der Waals surface area contributed by atoms with Crippen LogP contribution in [0.25, 0.3) is 0 Å². The molecule has 0 amide bonds. The van der Waals surface area contributed by atoms with Crippen LogP contribution in [0.3, 0.4) is 0 Å². The molecule has 3 aliphatic rings. The Morgan fingerprint density at radius 1 is 1.47 bits per heavy atom. The highest BCUT2D eigenvalue weighted by atomic mass is 32.2. The van der Waals surface area contributed by atoms with Gasteiger partial charge in [0.2, 0.25) is 0 Å². The SMILES string of the molecule is CC1CCCC2(CSC(=NC3CCOC3)N2)C1. The number of hydrogen-bond donors (Lipinski definition) is 1. The Labute approximate surface area is 108 Å². The molecule has 3 nitrogen and oxygen atoms in total. The molecule has 0 aromatic carbocycles. The Hall–Kier alpha value is -0.220. The Balaban J connectivity index is 1.64. The average molecular weight is 254 g/mol. The maximum Gasteiger partial charge on any atom is 0.157 e. The van der Waals surface area contributed by atoms with Gasteiger partial charge in [0.25, 0.3) is 0 Å². The molecule has 0 aromatic heterocycles. The van der Waals surface area contributed by atoms with Crippen LogP contribution in [0.2, 0.25) is 0 Å². The molecule has 17 heavy (non-hydrogen) atoms. The third-order valence-corrected chi connectivity index (χ3v) is 5.33. The minimum atomic E-state index is 0.362. The highest BCUT2D eigenvalue weighted by molar-refractivity contribution is 8.14. The summed E-state index contributed by atoms with van der Waals surface area (Å²) in [7, 11) is 0. The molecule has 0 bridgehead atoms. The van der Waals surface area contributed by atoms with E-state index in [0.717, 1.165) is 25.6 Å². The predicted molar refractivity (Wildman–Crippen MR) is 72.6 cm³/mol. The highest BCUT2D eigenvalue weighted by Gasteiger charge is 2.40. The Kier molecular flexibility index (Phi) is 3.35.